The zero-order chi connectivity index (χ0) is 16.8. The van der Waals surface area contributed by atoms with Gasteiger partial charge in [0.25, 0.3) is 0 Å². The number of carbonyl (C=O) groups is 1. The molecule has 120 valence electrons. The summed E-state index contributed by atoms with van der Waals surface area (Å²) in [4.78, 5) is 11.4. The molecule has 3 aromatic carbocycles. The van der Waals surface area contributed by atoms with Crippen molar-refractivity contribution in [2.24, 2.45) is 0 Å². The molecule has 3 aromatic rings. The molecule has 0 radical (unpaired) electrons. The fourth-order valence-electron chi connectivity index (χ4n) is 3.19. The highest BCUT2D eigenvalue weighted by Gasteiger charge is 2.29. The second-order valence-electron chi connectivity index (χ2n) is 6.19. The average molecular weight is 322 g/mol. The van der Waals surface area contributed by atoms with Gasteiger partial charge in [0.15, 0.2) is 0 Å². The smallest absolute Gasteiger partial charge is 0.339 e. The van der Waals surface area contributed by atoms with Gasteiger partial charge in [-0.3, -0.25) is 0 Å². The maximum atomic E-state index is 14.6. The predicted molar refractivity (Wildman–Crippen MR) is 89.9 cm³/mol. The van der Waals surface area contributed by atoms with Crippen molar-refractivity contribution in [3.63, 3.8) is 0 Å². The summed E-state index contributed by atoms with van der Waals surface area (Å²) in [6, 6.07) is 13.7. The number of carboxylic acid groups (broad SMARTS) is 1. The number of hydrogen-bond donors (Lipinski definition) is 2. The topological polar surface area (TPSA) is 57.5 Å². The van der Waals surface area contributed by atoms with Crippen molar-refractivity contribution in [3.05, 3.63) is 65.5 Å². The minimum absolute atomic E-state index is 0.170. The molecule has 1 saturated carbocycles. The molecule has 0 aliphatic heterocycles. The Labute approximate surface area is 138 Å². The lowest BCUT2D eigenvalue weighted by Gasteiger charge is -2.13. The molecule has 1 fully saturated rings. The number of aromatic carboxylic acids is 1. The Balaban J connectivity index is 2.04. The summed E-state index contributed by atoms with van der Waals surface area (Å²) >= 11 is 0. The predicted octanol–water partition coefficient (Wildman–Crippen LogP) is 4.93. The van der Waals surface area contributed by atoms with E-state index in [1.807, 2.05) is 30.3 Å². The van der Waals surface area contributed by atoms with Crippen molar-refractivity contribution in [3.8, 4) is 16.9 Å². The molecule has 24 heavy (non-hydrogen) atoms. The largest absolute Gasteiger partial charge is 0.506 e. The summed E-state index contributed by atoms with van der Waals surface area (Å²) in [5.74, 6) is -1.78. The lowest BCUT2D eigenvalue weighted by Crippen LogP contribution is -2.00. The molecule has 3 nitrogen and oxygen atoms in total. The summed E-state index contributed by atoms with van der Waals surface area (Å²) in [5.41, 5.74) is 1.90. The van der Waals surface area contributed by atoms with Gasteiger partial charge >= 0.3 is 5.97 Å². The number of fused-ring (bicyclic) bond motifs is 1. The van der Waals surface area contributed by atoms with E-state index < -0.39 is 11.8 Å². The van der Waals surface area contributed by atoms with Crippen LogP contribution in [0.5, 0.6) is 5.75 Å². The van der Waals surface area contributed by atoms with Crippen molar-refractivity contribution in [2.45, 2.75) is 18.8 Å². The Morgan fingerprint density at radius 3 is 2.38 bits per heavy atom. The molecule has 0 aromatic heterocycles. The summed E-state index contributed by atoms with van der Waals surface area (Å²) < 4.78 is 14.6. The quantitative estimate of drug-likeness (QED) is 0.719. The fraction of sp³-hybridized carbons (Fsp3) is 0.150. The Kier molecular flexibility index (Phi) is 3.27. The van der Waals surface area contributed by atoms with Crippen molar-refractivity contribution in [2.75, 3.05) is 0 Å². The van der Waals surface area contributed by atoms with Crippen LogP contribution in [0, 0.1) is 5.82 Å². The molecule has 0 heterocycles. The Bertz CT molecular complexity index is 960. The second-order valence-corrected chi connectivity index (χ2v) is 6.19. The highest BCUT2D eigenvalue weighted by Crippen LogP contribution is 2.47. The first-order valence-electron chi connectivity index (χ1n) is 7.84. The van der Waals surface area contributed by atoms with Crippen LogP contribution in [0.4, 0.5) is 4.39 Å². The van der Waals surface area contributed by atoms with Crippen LogP contribution in [-0.2, 0) is 0 Å². The molecular formula is C20H15FO3. The lowest BCUT2D eigenvalue weighted by atomic mass is 9.93. The first-order chi connectivity index (χ1) is 11.6. The van der Waals surface area contributed by atoms with Gasteiger partial charge in [-0.25, -0.2) is 9.18 Å². The third-order valence-corrected chi connectivity index (χ3v) is 4.56. The van der Waals surface area contributed by atoms with Gasteiger partial charge in [-0.15, -0.1) is 0 Å². The van der Waals surface area contributed by atoms with E-state index in [0.717, 1.165) is 29.4 Å². The highest BCUT2D eigenvalue weighted by atomic mass is 19.1. The van der Waals surface area contributed by atoms with Gasteiger partial charge in [0, 0.05) is 10.9 Å². The molecular weight excluding hydrogens is 307 g/mol. The van der Waals surface area contributed by atoms with Crippen LogP contribution in [0.3, 0.4) is 0 Å². The van der Waals surface area contributed by atoms with Crippen molar-refractivity contribution in [1.82, 2.24) is 0 Å². The van der Waals surface area contributed by atoms with E-state index in [9.17, 15) is 19.4 Å². The summed E-state index contributed by atoms with van der Waals surface area (Å²) in [7, 11) is 0. The van der Waals surface area contributed by atoms with E-state index in [4.69, 9.17) is 0 Å². The molecule has 4 rings (SSSR count). The molecule has 1 aliphatic carbocycles. The Morgan fingerprint density at radius 1 is 1.04 bits per heavy atom. The maximum Gasteiger partial charge on any atom is 0.339 e. The van der Waals surface area contributed by atoms with Crippen LogP contribution in [-0.4, -0.2) is 16.2 Å². The number of phenols is 1. The second kappa shape index (κ2) is 5.34. The molecule has 0 saturated heterocycles. The fourth-order valence-corrected chi connectivity index (χ4v) is 3.19. The highest BCUT2D eigenvalue weighted by molar-refractivity contribution is 6.03. The molecule has 0 unspecified atom stereocenters. The van der Waals surface area contributed by atoms with Crippen LogP contribution in [0.2, 0.25) is 0 Å². The standard InChI is InChI=1S/C20H15FO3/c21-18-10-16-15(9-14(18)11-4-2-1-3-5-11)13(12-6-7-12)8-17(19(16)22)20(23)24/h1-5,8-10,12,22H,6-7H2,(H,23,24). The summed E-state index contributed by atoms with van der Waals surface area (Å²) in [6.07, 6.45) is 1.97. The molecule has 1 aliphatic rings. The number of halogens is 1. The first-order valence-corrected chi connectivity index (χ1v) is 7.84. The summed E-state index contributed by atoms with van der Waals surface area (Å²) in [5, 5.41) is 20.6. The van der Waals surface area contributed by atoms with E-state index in [0.29, 0.717) is 5.56 Å². The number of carboxylic acids is 1. The number of benzene rings is 3. The SMILES string of the molecule is O=C(O)c1cc(C2CC2)c2cc(-c3ccccc3)c(F)cc2c1O. The lowest BCUT2D eigenvalue weighted by molar-refractivity contribution is 0.0694. The van der Waals surface area contributed by atoms with Gasteiger partial charge in [0.2, 0.25) is 0 Å². The van der Waals surface area contributed by atoms with Crippen LogP contribution < -0.4 is 0 Å². The first kappa shape index (κ1) is 14.7. The molecule has 0 bridgehead atoms. The average Bonchev–Trinajstić information content (AvgIpc) is 3.40. The number of hydrogen-bond acceptors (Lipinski definition) is 2. The minimum Gasteiger partial charge on any atom is -0.506 e. The van der Waals surface area contributed by atoms with E-state index >= 15 is 0 Å². The van der Waals surface area contributed by atoms with Crippen molar-refractivity contribution >= 4 is 16.7 Å². The van der Waals surface area contributed by atoms with Crippen LogP contribution in [0.1, 0.15) is 34.7 Å². The van der Waals surface area contributed by atoms with Gasteiger partial charge in [-0.1, -0.05) is 30.3 Å². The van der Waals surface area contributed by atoms with Crippen molar-refractivity contribution in [1.29, 1.82) is 0 Å². The Morgan fingerprint density at radius 2 is 1.75 bits per heavy atom. The third-order valence-electron chi connectivity index (χ3n) is 4.56. The summed E-state index contributed by atoms with van der Waals surface area (Å²) in [6.45, 7) is 0. The molecule has 0 atom stereocenters. The molecule has 2 N–H and O–H groups in total. The zero-order valence-corrected chi connectivity index (χ0v) is 12.8. The van der Waals surface area contributed by atoms with E-state index in [2.05, 4.69) is 0 Å². The number of rotatable bonds is 3. The molecule has 0 spiro atoms. The van der Waals surface area contributed by atoms with Gasteiger partial charge in [-0.05, 0) is 53.5 Å². The van der Waals surface area contributed by atoms with Gasteiger partial charge in [0.05, 0.1) is 0 Å². The molecule has 4 heteroatoms. The number of aromatic hydroxyl groups is 1. The van der Waals surface area contributed by atoms with E-state index in [1.165, 1.54) is 12.1 Å². The zero-order valence-electron chi connectivity index (χ0n) is 12.8. The third kappa shape index (κ3) is 2.31. The minimum atomic E-state index is -1.20. The van der Waals surface area contributed by atoms with E-state index in [-0.39, 0.29) is 22.6 Å². The van der Waals surface area contributed by atoms with Gasteiger partial charge in [-0.2, -0.15) is 0 Å². The van der Waals surface area contributed by atoms with Crippen LogP contribution in [0.15, 0.2) is 48.5 Å². The Hall–Kier alpha value is -2.88. The monoisotopic (exact) mass is 322 g/mol. The van der Waals surface area contributed by atoms with E-state index in [1.54, 1.807) is 6.07 Å². The van der Waals surface area contributed by atoms with Gasteiger partial charge < -0.3 is 10.2 Å². The van der Waals surface area contributed by atoms with Crippen LogP contribution >= 0.6 is 0 Å². The van der Waals surface area contributed by atoms with Gasteiger partial charge in [0.1, 0.15) is 17.1 Å². The normalized spacial score (nSPS) is 14.0. The van der Waals surface area contributed by atoms with Crippen LogP contribution in [0.25, 0.3) is 21.9 Å². The molecule has 0 amide bonds. The van der Waals surface area contributed by atoms with Crippen molar-refractivity contribution < 1.29 is 19.4 Å². The maximum absolute atomic E-state index is 14.6.